The number of pyridine rings is 1. The number of amides is 5. The van der Waals surface area contributed by atoms with Gasteiger partial charge in [-0.15, -0.1) is 11.3 Å². The second-order valence-electron chi connectivity index (χ2n) is 19.0. The van der Waals surface area contributed by atoms with Crippen LogP contribution in [0.2, 0.25) is 0 Å². The van der Waals surface area contributed by atoms with Gasteiger partial charge in [-0.2, -0.15) is 0 Å². The maximum absolute atomic E-state index is 14.9. The number of hydrogen-bond acceptors (Lipinski definition) is 14. The standard InChI is InChI=1S/C48H60N8O10S2/c1-27(2)41(53-46(61)66-47(5,6)7)43(59)56-25-31(65-38-23-35(36-26-67-45(52-36)49-28(3)4)50-34-21-30(64-8)19-20-32(34)38)22-37(56)42(58)54-48-24-29(48)15-11-9-10-12-18-40(57)51-33-16-13-14-17-39(33)68(62,63)55-44(48)60/h11,13-17,19-21,23,26-29,31,37,41H,9-10,12,18,22,24-25H2,1-8H3,(H,49,52)(H,51,57)(H,53,61)(H,54,58)(H,55,60)/t29-,31-,37+,41+,48-/m1/s1. The van der Waals surface area contributed by atoms with E-state index in [0.29, 0.717) is 58.2 Å². The van der Waals surface area contributed by atoms with Gasteiger partial charge in [0, 0.05) is 47.7 Å². The van der Waals surface area contributed by atoms with Crippen LogP contribution in [-0.2, 0) is 33.9 Å². The van der Waals surface area contributed by atoms with Crippen LogP contribution in [0.3, 0.4) is 0 Å². The highest BCUT2D eigenvalue weighted by Crippen LogP contribution is 2.46. The third-order valence-electron chi connectivity index (χ3n) is 11.7. The van der Waals surface area contributed by atoms with Crippen molar-refractivity contribution < 1.29 is 46.6 Å². The molecule has 5 amide bonds. The van der Waals surface area contributed by atoms with Gasteiger partial charge in [-0.25, -0.2) is 27.9 Å². The number of alkyl carbamates (subject to hydrolysis) is 1. The van der Waals surface area contributed by atoms with E-state index in [1.54, 1.807) is 72.1 Å². The molecule has 7 rings (SSSR count). The summed E-state index contributed by atoms with van der Waals surface area (Å²) >= 11 is 1.43. The Balaban J connectivity index is 1.23. The fraction of sp³-hybridized carbons (Fsp3) is 0.479. The lowest BCUT2D eigenvalue weighted by atomic mass is 10.0. The van der Waals surface area contributed by atoms with Crippen molar-refractivity contribution in [3.63, 3.8) is 0 Å². The molecule has 2 aromatic heterocycles. The largest absolute Gasteiger partial charge is 0.497 e. The first-order valence-electron chi connectivity index (χ1n) is 22.8. The van der Waals surface area contributed by atoms with E-state index in [0.717, 1.165) is 0 Å². The number of aromatic nitrogens is 2. The third-order valence-corrected chi connectivity index (χ3v) is 13.9. The summed E-state index contributed by atoms with van der Waals surface area (Å²) in [5.41, 5.74) is -0.916. The molecule has 2 fully saturated rings. The Morgan fingerprint density at radius 3 is 2.49 bits per heavy atom. The zero-order chi connectivity index (χ0) is 49.1. The average molecular weight is 973 g/mol. The minimum Gasteiger partial charge on any atom is -0.497 e. The summed E-state index contributed by atoms with van der Waals surface area (Å²) in [6.07, 6.45) is 3.96. The van der Waals surface area contributed by atoms with E-state index in [9.17, 15) is 32.4 Å². The zero-order valence-corrected chi connectivity index (χ0v) is 41.1. The van der Waals surface area contributed by atoms with E-state index in [2.05, 4.69) is 26.0 Å². The van der Waals surface area contributed by atoms with Gasteiger partial charge in [0.25, 0.3) is 15.9 Å². The number of carbonyl (C=O) groups is 5. The lowest BCUT2D eigenvalue weighted by molar-refractivity contribution is -0.141. The predicted molar refractivity (Wildman–Crippen MR) is 258 cm³/mol. The Morgan fingerprint density at radius 1 is 1.00 bits per heavy atom. The van der Waals surface area contributed by atoms with Crippen LogP contribution in [0.5, 0.6) is 11.5 Å². The SMILES string of the molecule is COc1ccc2c(O[C@@H]3C[C@@H](C(=O)N[C@]45C[C@H]4C=CCCCCC(=O)Nc4ccccc4S(=O)(=O)NC5=O)N(C(=O)[C@@H](NC(=O)OC(C)(C)C)C(C)C)C3)cc(-c3csc(NC(C)C)n3)nc2c1. The molecule has 0 radical (unpaired) electrons. The summed E-state index contributed by atoms with van der Waals surface area (Å²) in [6, 6.07) is 10.6. The van der Waals surface area contributed by atoms with Gasteiger partial charge in [-0.1, -0.05) is 38.1 Å². The lowest BCUT2D eigenvalue weighted by Crippen LogP contribution is -2.59. The van der Waals surface area contributed by atoms with Crippen molar-refractivity contribution in [2.75, 3.05) is 24.3 Å². The van der Waals surface area contributed by atoms with Crippen molar-refractivity contribution in [2.24, 2.45) is 11.8 Å². The molecule has 1 saturated heterocycles. The molecule has 364 valence electrons. The van der Waals surface area contributed by atoms with E-state index >= 15 is 0 Å². The molecule has 0 spiro atoms. The number of anilines is 2. The first kappa shape index (κ1) is 49.6. The number of fused-ring (bicyclic) bond motifs is 3. The van der Waals surface area contributed by atoms with Crippen LogP contribution in [0.1, 0.15) is 87.0 Å². The number of thiazole rings is 1. The van der Waals surface area contributed by atoms with Gasteiger partial charge in [0.1, 0.15) is 51.4 Å². The van der Waals surface area contributed by atoms with Gasteiger partial charge in [-0.05, 0) is 90.5 Å². The van der Waals surface area contributed by atoms with Crippen molar-refractivity contribution in [3.8, 4) is 22.9 Å². The van der Waals surface area contributed by atoms with Crippen LogP contribution < -0.4 is 35.5 Å². The molecule has 2 aromatic carbocycles. The van der Waals surface area contributed by atoms with Gasteiger partial charge < -0.3 is 40.4 Å². The number of allylic oxidation sites excluding steroid dienone is 1. The molecular weight excluding hydrogens is 913 g/mol. The minimum atomic E-state index is -4.58. The molecule has 1 aliphatic carbocycles. The van der Waals surface area contributed by atoms with Crippen molar-refractivity contribution in [1.29, 1.82) is 0 Å². The number of nitrogens with zero attached hydrogens (tertiary/aromatic N) is 3. The third kappa shape index (κ3) is 11.5. The Bertz CT molecular complexity index is 2720. The molecule has 20 heteroatoms. The summed E-state index contributed by atoms with van der Waals surface area (Å²) in [4.78, 5) is 80.7. The molecule has 1 saturated carbocycles. The van der Waals surface area contributed by atoms with Crippen LogP contribution >= 0.6 is 11.3 Å². The van der Waals surface area contributed by atoms with Crippen LogP contribution in [0.15, 0.2) is 71.0 Å². The number of methoxy groups -OCH3 is 1. The first-order chi connectivity index (χ1) is 32.2. The maximum Gasteiger partial charge on any atom is 0.408 e. The Labute approximate surface area is 400 Å². The second kappa shape index (κ2) is 20.1. The molecular formula is C48H60N8O10S2. The number of likely N-dealkylation sites (tertiary alicyclic amines) is 1. The monoisotopic (exact) mass is 972 g/mol. The van der Waals surface area contributed by atoms with Gasteiger partial charge in [0.2, 0.25) is 17.7 Å². The van der Waals surface area contributed by atoms with Crippen LogP contribution in [0.4, 0.5) is 15.6 Å². The molecule has 68 heavy (non-hydrogen) atoms. The highest BCUT2D eigenvalue weighted by Gasteiger charge is 2.62. The number of ether oxygens (including phenoxy) is 3. The Hall–Kier alpha value is -6.28. The number of hydrogen-bond donors (Lipinski definition) is 5. The summed E-state index contributed by atoms with van der Waals surface area (Å²) in [5.74, 6) is -2.76. The fourth-order valence-corrected chi connectivity index (χ4v) is 10.4. The van der Waals surface area contributed by atoms with Crippen LogP contribution in [-0.4, -0.2) is 102 Å². The highest BCUT2D eigenvalue weighted by atomic mass is 32.2. The molecule has 5 atom stereocenters. The van der Waals surface area contributed by atoms with Crippen molar-refractivity contribution >= 4 is 72.8 Å². The molecule has 0 bridgehead atoms. The van der Waals surface area contributed by atoms with Crippen molar-refractivity contribution in [1.82, 2.24) is 30.2 Å². The lowest BCUT2D eigenvalue weighted by Gasteiger charge is -2.31. The zero-order valence-electron chi connectivity index (χ0n) is 39.5. The van der Waals surface area contributed by atoms with E-state index in [1.165, 1.54) is 34.4 Å². The number of sulfonamides is 1. The fourth-order valence-electron chi connectivity index (χ4n) is 8.30. The predicted octanol–water partition coefficient (Wildman–Crippen LogP) is 6.53. The number of carbonyl (C=O) groups excluding carboxylic acids is 5. The number of benzene rings is 2. The van der Waals surface area contributed by atoms with Crippen LogP contribution in [0.25, 0.3) is 22.3 Å². The number of para-hydroxylation sites is 1. The minimum absolute atomic E-state index is 0.00906. The Morgan fingerprint density at radius 2 is 1.76 bits per heavy atom. The van der Waals surface area contributed by atoms with E-state index in [4.69, 9.17) is 24.2 Å². The number of rotatable bonds is 11. The summed E-state index contributed by atoms with van der Waals surface area (Å²) in [5, 5.41) is 14.8. The van der Waals surface area contributed by atoms with E-state index in [-0.39, 0.29) is 48.3 Å². The van der Waals surface area contributed by atoms with Gasteiger partial charge in [0.15, 0.2) is 5.13 Å². The van der Waals surface area contributed by atoms with Crippen LogP contribution in [0, 0.1) is 11.8 Å². The molecule has 5 N–H and O–H groups in total. The van der Waals surface area contributed by atoms with Crippen molar-refractivity contribution in [3.05, 3.63) is 66.1 Å². The van der Waals surface area contributed by atoms with Gasteiger partial charge in [0.05, 0.1) is 30.6 Å². The number of nitrogens with one attached hydrogen (secondary N) is 5. The summed E-state index contributed by atoms with van der Waals surface area (Å²) in [6.45, 7) is 12.5. The van der Waals surface area contributed by atoms with Gasteiger partial charge in [-0.3, -0.25) is 19.2 Å². The molecule has 2 aliphatic heterocycles. The first-order valence-corrected chi connectivity index (χ1v) is 25.2. The molecule has 4 heterocycles. The van der Waals surface area contributed by atoms with Crippen molar-refractivity contribution in [2.45, 2.75) is 127 Å². The summed E-state index contributed by atoms with van der Waals surface area (Å²) < 4.78 is 47.8. The highest BCUT2D eigenvalue weighted by molar-refractivity contribution is 7.90. The quantitative estimate of drug-likeness (QED) is 0.101. The Kier molecular flexibility index (Phi) is 14.7. The van der Waals surface area contributed by atoms with E-state index in [1.807, 2.05) is 31.4 Å². The maximum atomic E-state index is 14.9. The average Bonchev–Trinajstić information content (AvgIpc) is 3.52. The van der Waals surface area contributed by atoms with E-state index < -0.39 is 75.0 Å². The molecule has 4 aromatic rings. The normalized spacial score (nSPS) is 22.1. The molecule has 0 unspecified atom stereocenters. The molecule has 3 aliphatic rings. The molecule has 18 nitrogen and oxygen atoms in total. The second-order valence-corrected chi connectivity index (χ2v) is 21.5. The smallest absolute Gasteiger partial charge is 0.408 e. The van der Waals surface area contributed by atoms with Gasteiger partial charge >= 0.3 is 6.09 Å². The summed E-state index contributed by atoms with van der Waals surface area (Å²) in [7, 11) is -3.03. The topological polar surface area (TPSA) is 236 Å².